The van der Waals surface area contributed by atoms with Gasteiger partial charge in [0.05, 0.1) is 5.69 Å². The number of rotatable bonds is 7. The van der Waals surface area contributed by atoms with Gasteiger partial charge in [-0.3, -0.25) is 4.90 Å². The normalized spacial score (nSPS) is 14.5. The van der Waals surface area contributed by atoms with E-state index in [-0.39, 0.29) is 11.0 Å². The molecule has 1 aliphatic carbocycles. The van der Waals surface area contributed by atoms with Crippen molar-refractivity contribution in [2.24, 2.45) is 0 Å². The average Bonchev–Trinajstić information content (AvgIpc) is 3.44. The second-order valence-electron chi connectivity index (χ2n) is 16.5. The molecule has 0 N–H and O–H groups in total. The zero-order valence-corrected chi connectivity index (χ0v) is 32.5. The van der Waals surface area contributed by atoms with Gasteiger partial charge in [-0.1, -0.05) is 129 Å². The highest BCUT2D eigenvalue weighted by molar-refractivity contribution is 6.02. The van der Waals surface area contributed by atoms with Crippen molar-refractivity contribution >= 4 is 17.1 Å². The molecule has 0 atom stereocenters. The van der Waals surface area contributed by atoms with Crippen LogP contribution in [-0.2, 0) is 18.4 Å². The molecule has 272 valence electrons. The number of para-hydroxylation sites is 1. The molecule has 9 rings (SSSR count). The monoisotopic (exact) mass is 716 g/mol. The maximum absolute atomic E-state index is 6.48. The quantitative estimate of drug-likeness (QED) is 0.163. The van der Waals surface area contributed by atoms with Crippen LogP contribution in [0, 0.1) is 0 Å². The number of hydrogen-bond donors (Lipinski definition) is 0. The van der Waals surface area contributed by atoms with Gasteiger partial charge in [-0.05, 0) is 120 Å². The van der Waals surface area contributed by atoms with Crippen molar-refractivity contribution in [1.82, 2.24) is 4.90 Å². The third-order valence-corrected chi connectivity index (χ3v) is 11.7. The minimum atomic E-state index is -0.140. The molecule has 0 amide bonds. The van der Waals surface area contributed by atoms with Crippen LogP contribution >= 0.6 is 0 Å². The lowest BCUT2D eigenvalue weighted by molar-refractivity contribution is 0.121. The molecule has 0 radical (unpaired) electrons. The minimum Gasteiger partial charge on any atom is -0.457 e. The van der Waals surface area contributed by atoms with Crippen LogP contribution in [-0.4, -0.2) is 17.0 Å². The Morgan fingerprint density at radius 1 is 0.564 bits per heavy atom. The molecule has 0 saturated heterocycles. The van der Waals surface area contributed by atoms with Gasteiger partial charge in [-0.2, -0.15) is 0 Å². The Hall–Kier alpha value is -5.90. The lowest BCUT2D eigenvalue weighted by atomic mass is 9.80. The summed E-state index contributed by atoms with van der Waals surface area (Å²) in [5.74, 6) is 1.61. The Morgan fingerprint density at radius 2 is 1.20 bits per heavy atom. The fourth-order valence-corrected chi connectivity index (χ4v) is 8.85. The summed E-state index contributed by atoms with van der Waals surface area (Å²) in [6.45, 7) is 13.7. The van der Waals surface area contributed by atoms with Gasteiger partial charge in [0, 0.05) is 47.0 Å². The van der Waals surface area contributed by atoms with Crippen LogP contribution in [0.1, 0.15) is 56.9 Å². The smallest absolute Gasteiger partial charge is 0.129 e. The SMILES string of the molecule is CC1(C)c2ccccc2-c2c1ccc(N(c1cccc(Oc3ccccc3)c1)c1cccc(-c3ccccc3)c1)c2-c1cccc2c1CCN(C(C)(C)C)C2. The van der Waals surface area contributed by atoms with E-state index in [0.717, 1.165) is 48.1 Å². The van der Waals surface area contributed by atoms with E-state index in [1.165, 1.54) is 55.6 Å². The molecule has 0 aromatic heterocycles. The first-order valence-electron chi connectivity index (χ1n) is 19.6. The van der Waals surface area contributed by atoms with Gasteiger partial charge in [0.2, 0.25) is 0 Å². The highest BCUT2D eigenvalue weighted by Crippen LogP contribution is 2.57. The van der Waals surface area contributed by atoms with Crippen molar-refractivity contribution in [1.29, 1.82) is 0 Å². The Kier molecular flexibility index (Phi) is 8.71. The van der Waals surface area contributed by atoms with Gasteiger partial charge in [0.25, 0.3) is 0 Å². The summed E-state index contributed by atoms with van der Waals surface area (Å²) < 4.78 is 6.48. The van der Waals surface area contributed by atoms with E-state index < -0.39 is 0 Å². The van der Waals surface area contributed by atoms with Gasteiger partial charge in [-0.25, -0.2) is 0 Å². The summed E-state index contributed by atoms with van der Waals surface area (Å²) in [5, 5.41) is 0. The van der Waals surface area contributed by atoms with E-state index in [0.29, 0.717) is 0 Å². The van der Waals surface area contributed by atoms with Gasteiger partial charge in [0.1, 0.15) is 11.5 Å². The van der Waals surface area contributed by atoms with Crippen LogP contribution in [0.2, 0.25) is 0 Å². The van der Waals surface area contributed by atoms with Crippen LogP contribution < -0.4 is 9.64 Å². The molecular formula is C52H48N2O. The standard InChI is InChI=1S/C52H48N2O/c1-51(2,3)53-32-31-43-38(35-53)20-15-27-44(43)50-48(30-29-47-49(50)45-26-12-13-28-46(45)52(47,4)5)54(39-21-14-19-37(33-39)36-17-8-6-9-18-36)40-22-16-25-42(34-40)55-41-23-10-7-11-24-41/h6-30,33-34H,31-32,35H2,1-5H3. The van der Waals surface area contributed by atoms with Crippen LogP contribution in [0.3, 0.4) is 0 Å². The first-order valence-corrected chi connectivity index (χ1v) is 19.6. The second kappa shape index (κ2) is 13.7. The molecule has 7 aromatic rings. The Balaban J connectivity index is 1.32. The van der Waals surface area contributed by atoms with Crippen LogP contribution in [0.25, 0.3) is 33.4 Å². The maximum Gasteiger partial charge on any atom is 0.129 e. The summed E-state index contributed by atoms with van der Waals surface area (Å²) in [6, 6.07) is 59.1. The molecule has 1 heterocycles. The van der Waals surface area contributed by atoms with Crippen molar-refractivity contribution in [2.75, 3.05) is 11.4 Å². The zero-order valence-electron chi connectivity index (χ0n) is 32.5. The van der Waals surface area contributed by atoms with E-state index in [1.807, 2.05) is 36.4 Å². The number of fused-ring (bicyclic) bond motifs is 4. The predicted octanol–water partition coefficient (Wildman–Crippen LogP) is 13.7. The Bertz CT molecular complexity index is 2510. The molecule has 0 unspecified atom stereocenters. The fraction of sp³-hybridized carbons (Fsp3) is 0.192. The molecule has 0 saturated carbocycles. The highest BCUT2D eigenvalue weighted by atomic mass is 16.5. The summed E-state index contributed by atoms with van der Waals surface area (Å²) in [6.07, 6.45) is 1.00. The largest absolute Gasteiger partial charge is 0.457 e. The van der Waals surface area contributed by atoms with Crippen LogP contribution in [0.5, 0.6) is 11.5 Å². The average molecular weight is 717 g/mol. The van der Waals surface area contributed by atoms with E-state index in [4.69, 9.17) is 4.74 Å². The van der Waals surface area contributed by atoms with Crippen molar-refractivity contribution in [3.63, 3.8) is 0 Å². The molecule has 1 aliphatic heterocycles. The predicted molar refractivity (Wildman–Crippen MR) is 230 cm³/mol. The minimum absolute atomic E-state index is 0.100. The van der Waals surface area contributed by atoms with Gasteiger partial charge >= 0.3 is 0 Å². The van der Waals surface area contributed by atoms with Crippen LogP contribution in [0.4, 0.5) is 17.1 Å². The number of ether oxygens (including phenoxy) is 1. The molecule has 3 nitrogen and oxygen atoms in total. The first-order chi connectivity index (χ1) is 26.7. The van der Waals surface area contributed by atoms with E-state index in [9.17, 15) is 0 Å². The number of hydrogen-bond acceptors (Lipinski definition) is 3. The summed E-state index contributed by atoms with van der Waals surface area (Å²) >= 11 is 0. The molecular weight excluding hydrogens is 669 g/mol. The molecule has 0 bridgehead atoms. The van der Waals surface area contributed by atoms with E-state index in [2.05, 4.69) is 172 Å². The van der Waals surface area contributed by atoms with E-state index in [1.54, 1.807) is 0 Å². The molecule has 55 heavy (non-hydrogen) atoms. The summed E-state index contributed by atoms with van der Waals surface area (Å²) in [7, 11) is 0. The van der Waals surface area contributed by atoms with Gasteiger partial charge in [-0.15, -0.1) is 0 Å². The maximum atomic E-state index is 6.48. The number of anilines is 3. The van der Waals surface area contributed by atoms with Gasteiger partial charge in [0.15, 0.2) is 0 Å². The van der Waals surface area contributed by atoms with Crippen LogP contribution in [0.15, 0.2) is 164 Å². The highest BCUT2D eigenvalue weighted by Gasteiger charge is 2.39. The third-order valence-electron chi connectivity index (χ3n) is 11.7. The van der Waals surface area contributed by atoms with Gasteiger partial charge < -0.3 is 9.64 Å². The first kappa shape index (κ1) is 34.8. The third kappa shape index (κ3) is 6.33. The number of benzene rings is 7. The van der Waals surface area contributed by atoms with Crippen molar-refractivity contribution in [2.45, 2.75) is 58.5 Å². The Morgan fingerprint density at radius 3 is 1.98 bits per heavy atom. The molecule has 3 heteroatoms. The molecule has 0 spiro atoms. The van der Waals surface area contributed by atoms with Crippen molar-refractivity contribution in [3.05, 3.63) is 186 Å². The Labute approximate surface area is 326 Å². The number of nitrogens with zero attached hydrogens (tertiary/aromatic N) is 2. The lowest BCUT2D eigenvalue weighted by Crippen LogP contribution is -2.44. The van der Waals surface area contributed by atoms with Crippen molar-refractivity contribution < 1.29 is 4.74 Å². The topological polar surface area (TPSA) is 15.7 Å². The fourth-order valence-electron chi connectivity index (χ4n) is 8.85. The molecule has 7 aromatic carbocycles. The zero-order chi connectivity index (χ0) is 37.7. The molecule has 0 fully saturated rings. The van der Waals surface area contributed by atoms with Crippen molar-refractivity contribution in [3.8, 4) is 44.9 Å². The summed E-state index contributed by atoms with van der Waals surface area (Å²) in [4.78, 5) is 5.07. The lowest BCUT2D eigenvalue weighted by Gasteiger charge is -2.40. The second-order valence-corrected chi connectivity index (χ2v) is 16.5. The summed E-state index contributed by atoms with van der Waals surface area (Å²) in [5.41, 5.74) is 16.5. The van der Waals surface area contributed by atoms with E-state index >= 15 is 0 Å². The molecule has 2 aliphatic rings.